The largest absolute Gasteiger partial charge is 0.496 e. The third kappa shape index (κ3) is 6.10. The minimum absolute atomic E-state index is 0.0828. The van der Waals surface area contributed by atoms with Crippen molar-refractivity contribution in [1.82, 2.24) is 9.62 Å². The predicted molar refractivity (Wildman–Crippen MR) is 107 cm³/mol. The molecule has 0 unspecified atom stereocenters. The maximum atomic E-state index is 12.8. The van der Waals surface area contributed by atoms with Crippen molar-refractivity contribution in [1.29, 1.82) is 0 Å². The Labute approximate surface area is 165 Å². The molecule has 1 heterocycles. The molecule has 1 N–H and O–H groups in total. The highest BCUT2D eigenvalue weighted by Crippen LogP contribution is 2.25. The van der Waals surface area contributed by atoms with Crippen LogP contribution < -0.4 is 10.1 Å². The van der Waals surface area contributed by atoms with Crippen molar-refractivity contribution < 1.29 is 22.7 Å². The third-order valence-corrected chi connectivity index (χ3v) is 7.12. The smallest absolute Gasteiger partial charge is 0.255 e. The van der Waals surface area contributed by atoms with E-state index in [1.807, 2.05) is 0 Å². The van der Waals surface area contributed by atoms with Crippen LogP contribution in [0.15, 0.2) is 23.1 Å². The van der Waals surface area contributed by atoms with Crippen molar-refractivity contribution in [3.05, 3.63) is 23.8 Å². The monoisotopic (exact) mass is 416 g/mol. The van der Waals surface area contributed by atoms with Gasteiger partial charge in [0.15, 0.2) is 0 Å². The van der Waals surface area contributed by atoms with Crippen molar-refractivity contribution in [2.24, 2.45) is 0 Å². The number of thioether (sulfide) groups is 1. The highest BCUT2D eigenvalue weighted by atomic mass is 32.2. The molecule has 27 heavy (non-hydrogen) atoms. The molecule has 1 amide bonds. The zero-order valence-corrected chi connectivity index (χ0v) is 17.9. The Morgan fingerprint density at radius 1 is 1.30 bits per heavy atom. The summed E-state index contributed by atoms with van der Waals surface area (Å²) in [6, 6.07) is 4.37. The summed E-state index contributed by atoms with van der Waals surface area (Å²) in [5.74, 6) is 0.765. The van der Waals surface area contributed by atoms with Gasteiger partial charge in [0.2, 0.25) is 10.0 Å². The lowest BCUT2D eigenvalue weighted by molar-refractivity contribution is 0.0730. The molecule has 0 bridgehead atoms. The molecule has 1 aliphatic rings. The van der Waals surface area contributed by atoms with Gasteiger partial charge in [0, 0.05) is 30.1 Å². The van der Waals surface area contributed by atoms with Crippen LogP contribution in [0, 0.1) is 0 Å². The lowest BCUT2D eigenvalue weighted by atomic mass is 10.2. The molecule has 0 aliphatic carbocycles. The molecular formula is C18H28N2O5S2. The van der Waals surface area contributed by atoms with Crippen LogP contribution in [0.1, 0.15) is 31.1 Å². The third-order valence-electron chi connectivity index (χ3n) is 3.95. The van der Waals surface area contributed by atoms with Gasteiger partial charge in [0.1, 0.15) is 5.75 Å². The van der Waals surface area contributed by atoms with Crippen molar-refractivity contribution in [2.45, 2.75) is 30.4 Å². The van der Waals surface area contributed by atoms with Crippen molar-refractivity contribution >= 4 is 27.7 Å². The minimum atomic E-state index is -3.67. The van der Waals surface area contributed by atoms with E-state index in [1.165, 1.54) is 29.6 Å². The van der Waals surface area contributed by atoms with E-state index in [0.717, 1.165) is 5.75 Å². The Balaban J connectivity index is 2.15. The SMILES string of the molecule is COc1ccc(S(=O)(=O)N2CCOCC2)cc1C(=O)NCCSC(C)(C)C. The van der Waals surface area contributed by atoms with E-state index in [-0.39, 0.29) is 21.1 Å². The van der Waals surface area contributed by atoms with E-state index in [4.69, 9.17) is 9.47 Å². The fourth-order valence-corrected chi connectivity index (χ4v) is 4.83. The highest BCUT2D eigenvalue weighted by molar-refractivity contribution is 8.00. The van der Waals surface area contributed by atoms with Crippen LogP contribution in [0.25, 0.3) is 0 Å². The summed E-state index contributed by atoms with van der Waals surface area (Å²) in [6.45, 7) is 8.18. The maximum Gasteiger partial charge on any atom is 0.255 e. The summed E-state index contributed by atoms with van der Waals surface area (Å²) in [5, 5.41) is 2.84. The number of rotatable bonds is 7. The molecule has 2 rings (SSSR count). The van der Waals surface area contributed by atoms with Crippen molar-refractivity contribution in [3.63, 3.8) is 0 Å². The molecule has 1 saturated heterocycles. The Kier molecular flexibility index (Phi) is 7.55. The Morgan fingerprint density at radius 3 is 2.56 bits per heavy atom. The number of sulfonamides is 1. The normalized spacial score (nSPS) is 16.1. The molecule has 1 aromatic rings. The van der Waals surface area contributed by atoms with Crippen LogP contribution in [0.5, 0.6) is 5.75 Å². The summed E-state index contributed by atoms with van der Waals surface area (Å²) in [5.41, 5.74) is 0.215. The summed E-state index contributed by atoms with van der Waals surface area (Å²) in [6.07, 6.45) is 0. The van der Waals surface area contributed by atoms with E-state index in [1.54, 1.807) is 11.8 Å². The number of methoxy groups -OCH3 is 1. The second kappa shape index (κ2) is 9.27. The van der Waals surface area contributed by atoms with E-state index in [9.17, 15) is 13.2 Å². The Hall–Kier alpha value is -1.29. The molecule has 9 heteroatoms. The average molecular weight is 417 g/mol. The fourth-order valence-electron chi connectivity index (χ4n) is 2.58. The van der Waals surface area contributed by atoms with Crippen LogP contribution in [-0.2, 0) is 14.8 Å². The molecule has 152 valence electrons. The molecule has 7 nitrogen and oxygen atoms in total. The summed E-state index contributed by atoms with van der Waals surface area (Å²) >= 11 is 1.75. The quantitative estimate of drug-likeness (QED) is 0.684. The van der Waals surface area contributed by atoms with Gasteiger partial charge in [-0.3, -0.25) is 4.79 Å². The zero-order valence-electron chi connectivity index (χ0n) is 16.3. The molecule has 0 atom stereocenters. The van der Waals surface area contributed by atoms with Gasteiger partial charge in [-0.25, -0.2) is 8.42 Å². The molecule has 1 fully saturated rings. The molecule has 1 aliphatic heterocycles. The number of nitrogens with one attached hydrogen (secondary N) is 1. The predicted octanol–water partition coefficient (Wildman–Crippen LogP) is 1.98. The second-order valence-electron chi connectivity index (χ2n) is 7.10. The van der Waals surface area contributed by atoms with Gasteiger partial charge in [-0.2, -0.15) is 16.1 Å². The Morgan fingerprint density at radius 2 is 1.96 bits per heavy atom. The van der Waals surface area contributed by atoms with Crippen LogP contribution in [0.3, 0.4) is 0 Å². The van der Waals surface area contributed by atoms with Gasteiger partial charge < -0.3 is 14.8 Å². The minimum Gasteiger partial charge on any atom is -0.496 e. The lowest BCUT2D eigenvalue weighted by Gasteiger charge is -2.26. The maximum absolute atomic E-state index is 12.8. The molecule has 0 aromatic heterocycles. The van der Waals surface area contributed by atoms with Gasteiger partial charge in [0.25, 0.3) is 5.91 Å². The molecular weight excluding hydrogens is 388 g/mol. The van der Waals surface area contributed by atoms with Gasteiger partial charge in [-0.15, -0.1) is 0 Å². The van der Waals surface area contributed by atoms with E-state index in [0.29, 0.717) is 38.6 Å². The van der Waals surface area contributed by atoms with E-state index >= 15 is 0 Å². The molecule has 1 aromatic carbocycles. The number of ether oxygens (including phenoxy) is 2. The Bertz CT molecular complexity index is 754. The average Bonchev–Trinajstić information content (AvgIpc) is 2.64. The first kappa shape index (κ1) is 22.0. The number of benzene rings is 1. The first-order valence-electron chi connectivity index (χ1n) is 8.83. The van der Waals surface area contributed by atoms with Gasteiger partial charge in [-0.05, 0) is 18.2 Å². The molecule has 0 saturated carbocycles. The van der Waals surface area contributed by atoms with Crippen LogP contribution >= 0.6 is 11.8 Å². The number of amides is 1. The van der Waals surface area contributed by atoms with Crippen LogP contribution in [0.2, 0.25) is 0 Å². The highest BCUT2D eigenvalue weighted by Gasteiger charge is 2.28. The number of carbonyl (C=O) groups excluding carboxylic acids is 1. The van der Waals surface area contributed by atoms with E-state index < -0.39 is 10.0 Å². The summed E-state index contributed by atoms with van der Waals surface area (Å²) in [7, 11) is -2.22. The van der Waals surface area contributed by atoms with Gasteiger partial charge in [-0.1, -0.05) is 20.8 Å². The number of nitrogens with zero attached hydrogens (tertiary/aromatic N) is 1. The van der Waals surface area contributed by atoms with Crippen LogP contribution in [0.4, 0.5) is 0 Å². The lowest BCUT2D eigenvalue weighted by Crippen LogP contribution is -2.40. The van der Waals surface area contributed by atoms with Gasteiger partial charge >= 0.3 is 0 Å². The second-order valence-corrected chi connectivity index (χ2v) is 11.0. The number of hydrogen-bond donors (Lipinski definition) is 1. The fraction of sp³-hybridized carbons (Fsp3) is 0.611. The number of carbonyl (C=O) groups is 1. The molecule has 0 spiro atoms. The summed E-state index contributed by atoms with van der Waals surface area (Å²) in [4.78, 5) is 12.7. The number of hydrogen-bond acceptors (Lipinski definition) is 6. The summed E-state index contributed by atoms with van der Waals surface area (Å²) < 4.78 is 37.6. The van der Waals surface area contributed by atoms with E-state index in [2.05, 4.69) is 26.1 Å². The topological polar surface area (TPSA) is 84.9 Å². The standard InChI is InChI=1S/C18H28N2O5S2/c1-18(2,3)26-12-7-19-17(21)15-13-14(5-6-16(15)24-4)27(22,23)20-8-10-25-11-9-20/h5-6,13H,7-12H2,1-4H3,(H,19,21). The first-order valence-corrected chi connectivity index (χ1v) is 11.3. The van der Waals surface area contributed by atoms with Gasteiger partial charge in [0.05, 0.1) is 30.8 Å². The molecule has 0 radical (unpaired) electrons. The van der Waals surface area contributed by atoms with Crippen molar-refractivity contribution in [2.75, 3.05) is 45.7 Å². The first-order chi connectivity index (χ1) is 12.6. The van der Waals surface area contributed by atoms with Crippen LogP contribution in [-0.4, -0.2) is 69.1 Å². The zero-order chi connectivity index (χ0) is 20.1. The number of morpholine rings is 1. The van der Waals surface area contributed by atoms with Crippen molar-refractivity contribution in [3.8, 4) is 5.75 Å².